The fourth-order valence-electron chi connectivity index (χ4n) is 1.57. The van der Waals surface area contributed by atoms with Gasteiger partial charge in [-0.1, -0.05) is 29.3 Å². The summed E-state index contributed by atoms with van der Waals surface area (Å²) in [4.78, 5) is 0. The molecule has 20 heavy (non-hydrogen) atoms. The average molecular weight is 326 g/mol. The minimum Gasteiger partial charge on any atom is -0.399 e. The van der Waals surface area contributed by atoms with E-state index in [1.807, 2.05) is 36.4 Å². The highest BCUT2D eigenvalue weighted by Crippen LogP contribution is 2.22. The van der Waals surface area contributed by atoms with E-state index in [0.29, 0.717) is 27.4 Å². The molecule has 4 N–H and O–H groups in total. The van der Waals surface area contributed by atoms with E-state index in [-0.39, 0.29) is 0 Å². The zero-order valence-electron chi connectivity index (χ0n) is 10.5. The molecule has 0 atom stereocenters. The van der Waals surface area contributed by atoms with Crippen LogP contribution in [0, 0.1) is 0 Å². The van der Waals surface area contributed by atoms with Gasteiger partial charge in [-0.25, -0.2) is 0 Å². The Labute approximate surface area is 133 Å². The van der Waals surface area contributed by atoms with Crippen molar-refractivity contribution in [3.8, 4) is 0 Å². The van der Waals surface area contributed by atoms with Crippen LogP contribution in [0.15, 0.2) is 42.5 Å². The lowest BCUT2D eigenvalue weighted by Gasteiger charge is -2.11. The SMILES string of the molecule is Nc1ccc(NC(=S)NCc2ccc(Cl)c(Cl)c2)cc1. The minimum atomic E-state index is 0.529. The van der Waals surface area contributed by atoms with Gasteiger partial charge in [-0.15, -0.1) is 0 Å². The van der Waals surface area contributed by atoms with Crippen LogP contribution in [0.5, 0.6) is 0 Å². The molecule has 3 nitrogen and oxygen atoms in total. The summed E-state index contributed by atoms with van der Waals surface area (Å²) in [5.41, 5.74) is 8.21. The van der Waals surface area contributed by atoms with Crippen molar-refractivity contribution < 1.29 is 0 Å². The first-order valence-electron chi connectivity index (χ1n) is 5.89. The molecule has 0 bridgehead atoms. The highest BCUT2D eigenvalue weighted by atomic mass is 35.5. The third kappa shape index (κ3) is 4.27. The number of benzene rings is 2. The van der Waals surface area contributed by atoms with Crippen molar-refractivity contribution in [1.82, 2.24) is 5.32 Å². The molecule has 0 aliphatic rings. The number of hydrogen-bond acceptors (Lipinski definition) is 2. The van der Waals surface area contributed by atoms with Crippen molar-refractivity contribution in [3.05, 3.63) is 58.1 Å². The molecule has 0 radical (unpaired) electrons. The Morgan fingerprint density at radius 3 is 2.40 bits per heavy atom. The fraction of sp³-hybridized carbons (Fsp3) is 0.0714. The maximum Gasteiger partial charge on any atom is 0.171 e. The van der Waals surface area contributed by atoms with Crippen molar-refractivity contribution in [3.63, 3.8) is 0 Å². The van der Waals surface area contributed by atoms with E-state index >= 15 is 0 Å². The molecule has 0 amide bonds. The van der Waals surface area contributed by atoms with Gasteiger partial charge in [0, 0.05) is 17.9 Å². The number of halogens is 2. The number of nitrogens with one attached hydrogen (secondary N) is 2. The summed E-state index contributed by atoms with van der Waals surface area (Å²) in [5, 5.41) is 7.77. The molecule has 104 valence electrons. The molecule has 0 heterocycles. The largest absolute Gasteiger partial charge is 0.399 e. The van der Waals surface area contributed by atoms with E-state index in [2.05, 4.69) is 10.6 Å². The minimum absolute atomic E-state index is 0.529. The Morgan fingerprint density at radius 1 is 1.05 bits per heavy atom. The number of nitrogen functional groups attached to an aromatic ring is 1. The van der Waals surface area contributed by atoms with Crippen LogP contribution >= 0.6 is 35.4 Å². The normalized spacial score (nSPS) is 10.1. The second-order valence-corrected chi connectivity index (χ2v) is 5.40. The Morgan fingerprint density at radius 2 is 1.75 bits per heavy atom. The van der Waals surface area contributed by atoms with Crippen molar-refractivity contribution in [2.24, 2.45) is 0 Å². The van der Waals surface area contributed by atoms with Gasteiger partial charge in [0.25, 0.3) is 0 Å². The summed E-state index contributed by atoms with van der Waals surface area (Å²) in [6, 6.07) is 12.8. The zero-order valence-corrected chi connectivity index (χ0v) is 12.8. The average Bonchev–Trinajstić information content (AvgIpc) is 2.43. The Hall–Kier alpha value is -1.49. The lowest BCUT2D eigenvalue weighted by molar-refractivity contribution is 0.926. The summed E-state index contributed by atoms with van der Waals surface area (Å²) in [7, 11) is 0. The summed E-state index contributed by atoms with van der Waals surface area (Å²) in [6.07, 6.45) is 0. The number of nitrogens with two attached hydrogens (primary N) is 1. The van der Waals surface area contributed by atoms with Crippen LogP contribution in [0.2, 0.25) is 10.0 Å². The van der Waals surface area contributed by atoms with Crippen LogP contribution < -0.4 is 16.4 Å². The first-order valence-corrected chi connectivity index (χ1v) is 7.05. The number of anilines is 2. The highest BCUT2D eigenvalue weighted by molar-refractivity contribution is 7.80. The molecule has 0 fully saturated rings. The summed E-state index contributed by atoms with van der Waals surface area (Å²) in [5.74, 6) is 0. The van der Waals surface area contributed by atoms with Crippen molar-refractivity contribution in [2.45, 2.75) is 6.54 Å². The number of thiocarbonyl (C=S) groups is 1. The maximum absolute atomic E-state index is 5.95. The van der Waals surface area contributed by atoms with Gasteiger partial charge in [0.2, 0.25) is 0 Å². The van der Waals surface area contributed by atoms with E-state index in [9.17, 15) is 0 Å². The molecule has 0 aromatic heterocycles. The van der Waals surface area contributed by atoms with E-state index in [4.69, 9.17) is 41.2 Å². The third-order valence-corrected chi connectivity index (χ3v) is 3.59. The van der Waals surface area contributed by atoms with Crippen LogP contribution in [0.4, 0.5) is 11.4 Å². The van der Waals surface area contributed by atoms with Crippen LogP contribution in [0.25, 0.3) is 0 Å². The number of hydrogen-bond donors (Lipinski definition) is 3. The topological polar surface area (TPSA) is 50.1 Å². The molecule has 0 saturated heterocycles. The smallest absolute Gasteiger partial charge is 0.171 e. The zero-order chi connectivity index (χ0) is 14.5. The van der Waals surface area contributed by atoms with Gasteiger partial charge in [0.05, 0.1) is 10.0 Å². The molecule has 0 aliphatic carbocycles. The van der Waals surface area contributed by atoms with E-state index in [1.165, 1.54) is 0 Å². The second-order valence-electron chi connectivity index (χ2n) is 4.18. The van der Waals surface area contributed by atoms with Crippen LogP contribution in [0.1, 0.15) is 5.56 Å². The van der Waals surface area contributed by atoms with Gasteiger partial charge < -0.3 is 16.4 Å². The molecule has 2 aromatic carbocycles. The monoisotopic (exact) mass is 325 g/mol. The fourth-order valence-corrected chi connectivity index (χ4v) is 2.08. The molecular formula is C14H13Cl2N3S. The van der Waals surface area contributed by atoms with Crippen LogP contribution in [0.3, 0.4) is 0 Å². The molecule has 0 spiro atoms. The van der Waals surface area contributed by atoms with Crippen molar-refractivity contribution in [1.29, 1.82) is 0 Å². The van der Waals surface area contributed by atoms with E-state index in [1.54, 1.807) is 6.07 Å². The lowest BCUT2D eigenvalue weighted by Crippen LogP contribution is -2.27. The molecule has 6 heteroatoms. The van der Waals surface area contributed by atoms with Gasteiger partial charge in [0.15, 0.2) is 5.11 Å². The van der Waals surface area contributed by atoms with Gasteiger partial charge in [-0.3, -0.25) is 0 Å². The molecular weight excluding hydrogens is 313 g/mol. The van der Waals surface area contributed by atoms with Crippen molar-refractivity contribution >= 4 is 51.9 Å². The second kappa shape index (κ2) is 6.79. The Balaban J connectivity index is 1.88. The van der Waals surface area contributed by atoms with Crippen LogP contribution in [-0.2, 0) is 6.54 Å². The maximum atomic E-state index is 5.95. The van der Waals surface area contributed by atoms with Gasteiger partial charge in [-0.05, 0) is 54.2 Å². The van der Waals surface area contributed by atoms with Crippen LogP contribution in [-0.4, -0.2) is 5.11 Å². The molecule has 0 aliphatic heterocycles. The molecule has 2 aromatic rings. The Bertz CT molecular complexity index is 614. The highest BCUT2D eigenvalue weighted by Gasteiger charge is 2.01. The first kappa shape index (κ1) is 14.9. The summed E-state index contributed by atoms with van der Waals surface area (Å²) >= 11 is 17.0. The lowest BCUT2D eigenvalue weighted by atomic mass is 10.2. The quantitative estimate of drug-likeness (QED) is 0.588. The van der Waals surface area contributed by atoms with Gasteiger partial charge in [-0.2, -0.15) is 0 Å². The standard InChI is InChI=1S/C14H13Cl2N3S/c15-12-6-1-9(7-13(12)16)8-18-14(20)19-11-4-2-10(17)3-5-11/h1-7H,8,17H2,(H2,18,19,20). The van der Waals surface area contributed by atoms with Gasteiger partial charge >= 0.3 is 0 Å². The molecule has 2 rings (SSSR count). The predicted octanol–water partition coefficient (Wildman–Crippen LogP) is 4.06. The van der Waals surface area contributed by atoms with E-state index < -0.39 is 0 Å². The third-order valence-electron chi connectivity index (χ3n) is 2.61. The summed E-state index contributed by atoms with van der Waals surface area (Å²) < 4.78 is 0. The number of rotatable bonds is 3. The molecule has 0 unspecified atom stereocenters. The summed E-state index contributed by atoms with van der Waals surface area (Å²) in [6.45, 7) is 0.567. The Kier molecular flexibility index (Phi) is 5.06. The predicted molar refractivity (Wildman–Crippen MR) is 90.4 cm³/mol. The molecule has 0 saturated carbocycles. The first-order chi connectivity index (χ1) is 9.54. The van der Waals surface area contributed by atoms with Gasteiger partial charge in [0.1, 0.15) is 0 Å². The van der Waals surface area contributed by atoms with E-state index in [0.717, 1.165) is 11.3 Å². The van der Waals surface area contributed by atoms with Crippen molar-refractivity contribution in [2.75, 3.05) is 11.1 Å².